The SMILES string of the molecule is Cc1nc2ccccc2n1C(=O)CCCCC(=O)n1c(C)nc2ccccc21. The number of rotatable bonds is 5. The van der Waals surface area contributed by atoms with Crippen molar-refractivity contribution in [1.82, 2.24) is 19.1 Å². The molecule has 0 aliphatic heterocycles. The molecule has 0 aliphatic rings. The summed E-state index contributed by atoms with van der Waals surface area (Å²) in [5.74, 6) is 1.43. The molecule has 6 nitrogen and oxygen atoms in total. The van der Waals surface area contributed by atoms with E-state index in [1.165, 1.54) is 0 Å². The fraction of sp³-hybridized carbons (Fsp3) is 0.273. The van der Waals surface area contributed by atoms with Crippen LogP contribution in [0.25, 0.3) is 22.1 Å². The Morgan fingerprint density at radius 3 is 1.54 bits per heavy atom. The Hall–Kier alpha value is -3.28. The lowest BCUT2D eigenvalue weighted by Gasteiger charge is -2.07. The molecule has 28 heavy (non-hydrogen) atoms. The molecule has 0 bridgehead atoms. The molecular weight excluding hydrogens is 352 g/mol. The number of hydrogen-bond acceptors (Lipinski definition) is 4. The maximum Gasteiger partial charge on any atom is 0.232 e. The lowest BCUT2D eigenvalue weighted by atomic mass is 10.1. The molecule has 0 radical (unpaired) electrons. The van der Waals surface area contributed by atoms with Crippen LogP contribution in [0.5, 0.6) is 0 Å². The third kappa shape index (κ3) is 3.22. The minimum atomic E-state index is 0.0166. The summed E-state index contributed by atoms with van der Waals surface area (Å²) in [5.41, 5.74) is 3.32. The molecule has 0 aliphatic carbocycles. The first kappa shape index (κ1) is 18.1. The third-order valence-electron chi connectivity index (χ3n) is 4.99. The smallest absolute Gasteiger partial charge is 0.232 e. The summed E-state index contributed by atoms with van der Waals surface area (Å²) in [7, 11) is 0. The van der Waals surface area contributed by atoms with Crippen molar-refractivity contribution >= 4 is 33.9 Å². The predicted molar refractivity (Wildman–Crippen MR) is 109 cm³/mol. The van der Waals surface area contributed by atoms with Crippen LogP contribution in [-0.4, -0.2) is 30.9 Å². The lowest BCUT2D eigenvalue weighted by molar-refractivity contribution is 0.0875. The molecule has 0 fully saturated rings. The van der Waals surface area contributed by atoms with Gasteiger partial charge in [-0.05, 0) is 51.0 Å². The zero-order chi connectivity index (χ0) is 19.7. The Kier molecular flexibility index (Phi) is 4.77. The van der Waals surface area contributed by atoms with Crippen molar-refractivity contribution in [3.8, 4) is 0 Å². The van der Waals surface area contributed by atoms with Gasteiger partial charge in [-0.15, -0.1) is 0 Å². The van der Waals surface area contributed by atoms with Crippen LogP contribution in [0.1, 0.15) is 46.9 Å². The van der Waals surface area contributed by atoms with E-state index in [1.54, 1.807) is 9.13 Å². The van der Waals surface area contributed by atoms with Gasteiger partial charge < -0.3 is 0 Å². The molecule has 0 saturated heterocycles. The number of hydrogen-bond donors (Lipinski definition) is 0. The molecule has 4 aromatic rings. The number of imidazole rings is 2. The van der Waals surface area contributed by atoms with Crippen LogP contribution in [0.2, 0.25) is 0 Å². The number of unbranched alkanes of at least 4 members (excludes halogenated alkanes) is 1. The predicted octanol–water partition coefficient (Wildman–Crippen LogP) is 4.54. The number of aryl methyl sites for hydroxylation is 2. The van der Waals surface area contributed by atoms with E-state index in [-0.39, 0.29) is 11.8 Å². The number of carbonyl (C=O) groups is 2. The number of benzene rings is 2. The van der Waals surface area contributed by atoms with Crippen LogP contribution in [0.4, 0.5) is 0 Å². The van der Waals surface area contributed by atoms with Crippen LogP contribution in [-0.2, 0) is 0 Å². The van der Waals surface area contributed by atoms with Crippen molar-refractivity contribution in [2.45, 2.75) is 39.5 Å². The molecule has 0 amide bonds. The van der Waals surface area contributed by atoms with Gasteiger partial charge in [-0.25, -0.2) is 9.97 Å². The molecule has 142 valence electrons. The molecular formula is C22H22N4O2. The van der Waals surface area contributed by atoms with E-state index >= 15 is 0 Å². The molecule has 6 heteroatoms. The van der Waals surface area contributed by atoms with Gasteiger partial charge in [0.05, 0.1) is 22.1 Å². The zero-order valence-corrected chi connectivity index (χ0v) is 16.1. The maximum atomic E-state index is 12.7. The van der Waals surface area contributed by atoms with Crippen molar-refractivity contribution in [3.05, 3.63) is 60.2 Å². The van der Waals surface area contributed by atoms with Gasteiger partial charge in [-0.2, -0.15) is 0 Å². The summed E-state index contributed by atoms with van der Waals surface area (Å²) >= 11 is 0. The van der Waals surface area contributed by atoms with E-state index in [2.05, 4.69) is 9.97 Å². The van der Waals surface area contributed by atoms with Crippen molar-refractivity contribution in [2.24, 2.45) is 0 Å². The Balaban J connectivity index is 1.39. The molecule has 0 spiro atoms. The molecule has 2 heterocycles. The monoisotopic (exact) mass is 374 g/mol. The van der Waals surface area contributed by atoms with E-state index < -0.39 is 0 Å². The molecule has 0 N–H and O–H groups in total. The minimum absolute atomic E-state index is 0.0166. The minimum Gasteiger partial charge on any atom is -0.274 e. The summed E-state index contributed by atoms with van der Waals surface area (Å²) in [6.45, 7) is 3.68. The van der Waals surface area contributed by atoms with Gasteiger partial charge in [0.15, 0.2) is 0 Å². The van der Waals surface area contributed by atoms with Gasteiger partial charge in [-0.3, -0.25) is 18.7 Å². The molecule has 4 rings (SSSR count). The van der Waals surface area contributed by atoms with E-state index in [4.69, 9.17) is 0 Å². The molecule has 2 aromatic carbocycles. The lowest BCUT2D eigenvalue weighted by Crippen LogP contribution is -2.14. The highest BCUT2D eigenvalue weighted by Crippen LogP contribution is 2.19. The third-order valence-corrected chi connectivity index (χ3v) is 4.99. The zero-order valence-electron chi connectivity index (χ0n) is 16.1. The van der Waals surface area contributed by atoms with Gasteiger partial charge in [0, 0.05) is 12.8 Å². The van der Waals surface area contributed by atoms with Gasteiger partial charge in [0.2, 0.25) is 11.8 Å². The first-order chi connectivity index (χ1) is 13.6. The maximum absolute atomic E-state index is 12.7. The number of aromatic nitrogens is 4. The quantitative estimate of drug-likeness (QED) is 0.481. The normalized spacial score (nSPS) is 11.4. The largest absolute Gasteiger partial charge is 0.274 e. The Morgan fingerprint density at radius 2 is 1.11 bits per heavy atom. The summed E-state index contributed by atoms with van der Waals surface area (Å²) in [6, 6.07) is 15.3. The molecule has 0 saturated carbocycles. The Bertz CT molecular complexity index is 1090. The molecule has 2 aromatic heterocycles. The van der Waals surface area contributed by atoms with Crippen LogP contribution in [0.3, 0.4) is 0 Å². The number of carbonyl (C=O) groups excluding carboxylic acids is 2. The topological polar surface area (TPSA) is 69.8 Å². The summed E-state index contributed by atoms with van der Waals surface area (Å²) < 4.78 is 3.34. The summed E-state index contributed by atoms with van der Waals surface area (Å²) in [6.07, 6.45) is 2.08. The van der Waals surface area contributed by atoms with E-state index in [0.29, 0.717) is 37.3 Å². The van der Waals surface area contributed by atoms with Gasteiger partial charge in [0.25, 0.3) is 0 Å². The second-order valence-electron chi connectivity index (χ2n) is 6.96. The second kappa shape index (κ2) is 7.38. The summed E-state index contributed by atoms with van der Waals surface area (Å²) in [4.78, 5) is 34.2. The fourth-order valence-electron chi connectivity index (χ4n) is 3.70. The van der Waals surface area contributed by atoms with Crippen LogP contribution in [0.15, 0.2) is 48.5 Å². The fourth-order valence-corrected chi connectivity index (χ4v) is 3.70. The number of para-hydroxylation sites is 4. The van der Waals surface area contributed by atoms with Crippen LogP contribution < -0.4 is 0 Å². The first-order valence-corrected chi connectivity index (χ1v) is 9.51. The van der Waals surface area contributed by atoms with Crippen molar-refractivity contribution < 1.29 is 9.59 Å². The van der Waals surface area contributed by atoms with Crippen molar-refractivity contribution in [2.75, 3.05) is 0 Å². The van der Waals surface area contributed by atoms with Gasteiger partial charge in [0.1, 0.15) is 11.6 Å². The average Bonchev–Trinajstić information content (AvgIpc) is 3.20. The van der Waals surface area contributed by atoms with Crippen LogP contribution in [0, 0.1) is 13.8 Å². The highest BCUT2D eigenvalue weighted by atomic mass is 16.2. The molecule has 0 atom stereocenters. The summed E-state index contributed by atoms with van der Waals surface area (Å²) in [5, 5.41) is 0. The highest BCUT2D eigenvalue weighted by molar-refractivity contribution is 5.92. The van der Waals surface area contributed by atoms with E-state index in [9.17, 15) is 9.59 Å². The number of fused-ring (bicyclic) bond motifs is 2. The number of nitrogens with zero attached hydrogens (tertiary/aromatic N) is 4. The van der Waals surface area contributed by atoms with Crippen LogP contribution >= 0.6 is 0 Å². The Morgan fingerprint density at radius 1 is 0.714 bits per heavy atom. The standard InChI is InChI=1S/C22H22N4O2/c1-15-23-17-9-3-5-11-19(17)25(15)21(27)13-7-8-14-22(28)26-16(2)24-18-10-4-6-12-20(18)26/h3-6,9-12H,7-8,13-14H2,1-2H3. The first-order valence-electron chi connectivity index (χ1n) is 9.51. The van der Waals surface area contributed by atoms with E-state index in [1.807, 2.05) is 62.4 Å². The Labute approximate surface area is 162 Å². The average molecular weight is 374 g/mol. The highest BCUT2D eigenvalue weighted by Gasteiger charge is 2.16. The second-order valence-corrected chi connectivity index (χ2v) is 6.96. The molecule has 0 unspecified atom stereocenters. The van der Waals surface area contributed by atoms with E-state index in [0.717, 1.165) is 22.1 Å². The van der Waals surface area contributed by atoms with Gasteiger partial charge in [-0.1, -0.05) is 24.3 Å². The van der Waals surface area contributed by atoms with Gasteiger partial charge >= 0.3 is 0 Å². The van der Waals surface area contributed by atoms with Crippen molar-refractivity contribution in [1.29, 1.82) is 0 Å². The van der Waals surface area contributed by atoms with Crippen molar-refractivity contribution in [3.63, 3.8) is 0 Å².